The van der Waals surface area contributed by atoms with Gasteiger partial charge in [0.2, 0.25) is 17.8 Å². The van der Waals surface area contributed by atoms with Gasteiger partial charge in [-0.25, -0.2) is 0 Å². The summed E-state index contributed by atoms with van der Waals surface area (Å²) in [6.07, 6.45) is 0. The normalized spacial score (nSPS) is 10.4. The molecule has 0 aliphatic heterocycles. The number of hydrogen-bond donors (Lipinski definition) is 3. The third-order valence-electron chi connectivity index (χ3n) is 4.25. The Labute approximate surface area is 170 Å². The lowest BCUT2D eigenvalue weighted by atomic mass is 10.2. The molecule has 0 unspecified atom stereocenters. The van der Waals surface area contributed by atoms with Crippen molar-refractivity contribution in [3.05, 3.63) is 90.0 Å². The smallest absolute Gasteiger partial charge is 0.233 e. The van der Waals surface area contributed by atoms with E-state index in [4.69, 9.17) is 0 Å². The highest BCUT2D eigenvalue weighted by atomic mass is 15.3. The van der Waals surface area contributed by atoms with Crippen LogP contribution in [0, 0.1) is 13.8 Å². The largest absolute Gasteiger partial charge is 0.324 e. The van der Waals surface area contributed by atoms with Crippen LogP contribution in [-0.2, 0) is 0 Å². The molecule has 0 saturated carbocycles. The zero-order valence-corrected chi connectivity index (χ0v) is 16.3. The molecule has 1 heterocycles. The third kappa shape index (κ3) is 5.07. The molecule has 0 aliphatic rings. The number of rotatable bonds is 6. The molecule has 0 aliphatic carbocycles. The summed E-state index contributed by atoms with van der Waals surface area (Å²) in [5.74, 6) is 1.37. The highest BCUT2D eigenvalue weighted by Crippen LogP contribution is 2.21. The summed E-state index contributed by atoms with van der Waals surface area (Å²) >= 11 is 0. The molecule has 0 fully saturated rings. The van der Waals surface area contributed by atoms with Gasteiger partial charge in [-0.3, -0.25) is 0 Å². The van der Waals surface area contributed by atoms with Gasteiger partial charge in [-0.2, -0.15) is 15.0 Å². The highest BCUT2D eigenvalue weighted by Gasteiger charge is 2.08. The van der Waals surface area contributed by atoms with Gasteiger partial charge in [0.05, 0.1) is 0 Å². The molecule has 4 aromatic rings. The van der Waals surface area contributed by atoms with E-state index in [0.29, 0.717) is 17.8 Å². The van der Waals surface area contributed by atoms with E-state index < -0.39 is 0 Å². The molecular weight excluding hydrogens is 360 g/mol. The minimum Gasteiger partial charge on any atom is -0.324 e. The average molecular weight is 382 g/mol. The lowest BCUT2D eigenvalue weighted by Gasteiger charge is -2.12. The van der Waals surface area contributed by atoms with Gasteiger partial charge in [-0.05, 0) is 55.8 Å². The summed E-state index contributed by atoms with van der Waals surface area (Å²) in [4.78, 5) is 13.6. The number of aryl methyl sites for hydroxylation is 2. The topological polar surface area (TPSA) is 74.8 Å². The van der Waals surface area contributed by atoms with Crippen LogP contribution in [0.4, 0.5) is 34.9 Å². The fourth-order valence-corrected chi connectivity index (χ4v) is 2.81. The Morgan fingerprint density at radius 3 is 1.59 bits per heavy atom. The second-order valence-corrected chi connectivity index (χ2v) is 6.78. The first-order chi connectivity index (χ1) is 14.1. The number of benzene rings is 3. The van der Waals surface area contributed by atoms with Crippen molar-refractivity contribution in [2.75, 3.05) is 16.0 Å². The standard InChI is InChI=1S/C23H22N6/c1-16-11-13-19(14-12-16)25-22-27-21(24-18-8-4-3-5-9-18)28-23(29-22)26-20-10-6-7-17(2)15-20/h3-15H,1-2H3,(H3,24,25,26,27,28,29). The van der Waals surface area contributed by atoms with Gasteiger partial charge in [-0.15, -0.1) is 0 Å². The summed E-state index contributed by atoms with van der Waals surface area (Å²) in [7, 11) is 0. The van der Waals surface area contributed by atoms with Gasteiger partial charge in [0.15, 0.2) is 0 Å². The zero-order valence-electron chi connectivity index (χ0n) is 16.3. The first-order valence-corrected chi connectivity index (χ1v) is 9.40. The van der Waals surface area contributed by atoms with E-state index in [1.807, 2.05) is 85.8 Å². The van der Waals surface area contributed by atoms with Gasteiger partial charge >= 0.3 is 0 Å². The molecule has 0 saturated heterocycles. The van der Waals surface area contributed by atoms with Crippen molar-refractivity contribution in [3.63, 3.8) is 0 Å². The SMILES string of the molecule is Cc1ccc(Nc2nc(Nc3ccccc3)nc(Nc3cccc(C)c3)n2)cc1. The maximum Gasteiger partial charge on any atom is 0.233 e. The van der Waals surface area contributed by atoms with Crippen molar-refractivity contribution in [2.45, 2.75) is 13.8 Å². The zero-order chi connectivity index (χ0) is 20.1. The molecule has 0 bridgehead atoms. The number of nitrogens with zero attached hydrogens (tertiary/aromatic N) is 3. The molecule has 6 nitrogen and oxygen atoms in total. The number of para-hydroxylation sites is 1. The Hall–Kier alpha value is -3.93. The molecule has 1 aromatic heterocycles. The van der Waals surface area contributed by atoms with E-state index >= 15 is 0 Å². The predicted octanol–water partition coefficient (Wildman–Crippen LogP) is 5.72. The molecule has 3 aromatic carbocycles. The highest BCUT2D eigenvalue weighted by molar-refractivity contribution is 5.62. The Morgan fingerprint density at radius 1 is 0.483 bits per heavy atom. The number of anilines is 6. The minimum atomic E-state index is 0.455. The Balaban J connectivity index is 1.65. The fraction of sp³-hybridized carbons (Fsp3) is 0.0870. The summed E-state index contributed by atoms with van der Waals surface area (Å²) in [5, 5.41) is 9.75. The van der Waals surface area contributed by atoms with E-state index in [2.05, 4.69) is 37.8 Å². The molecule has 4 rings (SSSR count). The Morgan fingerprint density at radius 2 is 1.00 bits per heavy atom. The van der Waals surface area contributed by atoms with Crippen LogP contribution in [0.2, 0.25) is 0 Å². The van der Waals surface area contributed by atoms with Crippen LogP contribution in [0.3, 0.4) is 0 Å². The van der Waals surface area contributed by atoms with Gasteiger partial charge in [0, 0.05) is 17.1 Å². The van der Waals surface area contributed by atoms with Crippen LogP contribution >= 0.6 is 0 Å². The van der Waals surface area contributed by atoms with Gasteiger partial charge in [-0.1, -0.05) is 48.0 Å². The van der Waals surface area contributed by atoms with Crippen LogP contribution in [0.25, 0.3) is 0 Å². The first-order valence-electron chi connectivity index (χ1n) is 9.40. The predicted molar refractivity (Wildman–Crippen MR) is 118 cm³/mol. The number of aromatic nitrogens is 3. The Bertz CT molecular complexity index is 1090. The molecule has 0 atom stereocenters. The second-order valence-electron chi connectivity index (χ2n) is 6.78. The molecule has 0 amide bonds. The van der Waals surface area contributed by atoms with Gasteiger partial charge in [0.1, 0.15) is 0 Å². The molecule has 6 heteroatoms. The average Bonchev–Trinajstić information content (AvgIpc) is 2.70. The van der Waals surface area contributed by atoms with Crippen molar-refractivity contribution >= 4 is 34.9 Å². The molecular formula is C23H22N6. The van der Waals surface area contributed by atoms with Crippen LogP contribution in [0.1, 0.15) is 11.1 Å². The molecule has 0 spiro atoms. The summed E-state index contributed by atoms with van der Waals surface area (Å²) in [6, 6.07) is 25.9. The van der Waals surface area contributed by atoms with E-state index in [9.17, 15) is 0 Å². The molecule has 0 radical (unpaired) electrons. The van der Waals surface area contributed by atoms with Gasteiger partial charge in [0.25, 0.3) is 0 Å². The monoisotopic (exact) mass is 382 g/mol. The third-order valence-corrected chi connectivity index (χ3v) is 4.25. The maximum absolute atomic E-state index is 4.53. The minimum absolute atomic E-state index is 0.455. The second kappa shape index (κ2) is 8.39. The van der Waals surface area contributed by atoms with Crippen LogP contribution in [-0.4, -0.2) is 15.0 Å². The van der Waals surface area contributed by atoms with Crippen LogP contribution < -0.4 is 16.0 Å². The molecule has 144 valence electrons. The Kier molecular flexibility index (Phi) is 5.33. The number of nitrogens with one attached hydrogen (secondary N) is 3. The van der Waals surface area contributed by atoms with Crippen molar-refractivity contribution in [1.29, 1.82) is 0 Å². The van der Waals surface area contributed by atoms with Crippen LogP contribution in [0.5, 0.6) is 0 Å². The molecule has 29 heavy (non-hydrogen) atoms. The van der Waals surface area contributed by atoms with E-state index in [1.165, 1.54) is 5.56 Å². The summed E-state index contributed by atoms with van der Waals surface area (Å²) in [6.45, 7) is 4.10. The fourth-order valence-electron chi connectivity index (χ4n) is 2.81. The maximum atomic E-state index is 4.53. The molecule has 3 N–H and O–H groups in total. The van der Waals surface area contributed by atoms with E-state index in [1.54, 1.807) is 0 Å². The van der Waals surface area contributed by atoms with Crippen LogP contribution in [0.15, 0.2) is 78.9 Å². The van der Waals surface area contributed by atoms with Crippen molar-refractivity contribution in [2.24, 2.45) is 0 Å². The van der Waals surface area contributed by atoms with Crippen molar-refractivity contribution < 1.29 is 0 Å². The van der Waals surface area contributed by atoms with Crippen molar-refractivity contribution in [1.82, 2.24) is 15.0 Å². The lowest BCUT2D eigenvalue weighted by molar-refractivity contribution is 1.06. The lowest BCUT2D eigenvalue weighted by Crippen LogP contribution is -2.07. The number of hydrogen-bond acceptors (Lipinski definition) is 6. The van der Waals surface area contributed by atoms with Gasteiger partial charge < -0.3 is 16.0 Å². The van der Waals surface area contributed by atoms with E-state index in [0.717, 1.165) is 22.6 Å². The summed E-state index contributed by atoms with van der Waals surface area (Å²) in [5.41, 5.74) is 5.09. The first kappa shape index (κ1) is 18.4. The van der Waals surface area contributed by atoms with E-state index in [-0.39, 0.29) is 0 Å². The van der Waals surface area contributed by atoms with Crippen molar-refractivity contribution in [3.8, 4) is 0 Å². The summed E-state index contributed by atoms with van der Waals surface area (Å²) < 4.78 is 0. The quantitative estimate of drug-likeness (QED) is 0.396.